The Morgan fingerprint density at radius 2 is 2.09 bits per heavy atom. The maximum absolute atomic E-state index is 11.8. The molecule has 3 rings (SSSR count). The van der Waals surface area contributed by atoms with Crippen molar-refractivity contribution in [3.05, 3.63) is 35.2 Å². The van der Waals surface area contributed by atoms with Crippen LogP contribution < -0.4 is 10.6 Å². The molecule has 0 saturated heterocycles. The van der Waals surface area contributed by atoms with Crippen LogP contribution in [0.25, 0.3) is 11.3 Å². The molecule has 1 amide bonds. The first kappa shape index (κ1) is 15.2. The maximum Gasteiger partial charge on any atom is 0.240 e. The molecule has 116 valence electrons. The Morgan fingerprint density at radius 3 is 2.77 bits per heavy atom. The molecule has 0 radical (unpaired) electrons. The Hall–Kier alpha value is -1.72. The van der Waals surface area contributed by atoms with Gasteiger partial charge in [-0.3, -0.25) is 4.79 Å². The molecule has 5 heteroatoms. The van der Waals surface area contributed by atoms with E-state index in [1.54, 1.807) is 0 Å². The van der Waals surface area contributed by atoms with Crippen LogP contribution in [0.3, 0.4) is 0 Å². The number of thiazole rings is 1. The van der Waals surface area contributed by atoms with Gasteiger partial charge in [0.15, 0.2) is 5.13 Å². The lowest BCUT2D eigenvalue weighted by molar-refractivity contribution is -0.115. The molecule has 1 aromatic carbocycles. The summed E-state index contributed by atoms with van der Waals surface area (Å²) in [7, 11) is 0. The third-order valence-corrected chi connectivity index (χ3v) is 4.58. The van der Waals surface area contributed by atoms with Gasteiger partial charge in [0.1, 0.15) is 0 Å². The minimum Gasteiger partial charge on any atom is -0.308 e. The van der Waals surface area contributed by atoms with Gasteiger partial charge in [-0.2, -0.15) is 0 Å². The van der Waals surface area contributed by atoms with Gasteiger partial charge in [0, 0.05) is 10.9 Å². The monoisotopic (exact) mass is 315 g/mol. The van der Waals surface area contributed by atoms with E-state index in [1.165, 1.54) is 29.7 Å². The molecule has 22 heavy (non-hydrogen) atoms. The van der Waals surface area contributed by atoms with E-state index in [9.17, 15) is 4.79 Å². The maximum atomic E-state index is 11.8. The van der Waals surface area contributed by atoms with Crippen molar-refractivity contribution < 1.29 is 4.79 Å². The Bertz CT molecular complexity index is 632. The van der Waals surface area contributed by atoms with E-state index in [2.05, 4.69) is 46.8 Å². The molecule has 1 fully saturated rings. The van der Waals surface area contributed by atoms with Crippen molar-refractivity contribution in [2.75, 3.05) is 18.4 Å². The highest BCUT2D eigenvalue weighted by Crippen LogP contribution is 2.27. The highest BCUT2D eigenvalue weighted by Gasteiger charge is 2.20. The number of aryl methyl sites for hydroxylation is 1. The van der Waals surface area contributed by atoms with Gasteiger partial charge in [-0.1, -0.05) is 31.2 Å². The van der Waals surface area contributed by atoms with Gasteiger partial charge in [0.25, 0.3) is 0 Å². The fourth-order valence-corrected chi connectivity index (χ4v) is 2.99. The lowest BCUT2D eigenvalue weighted by Gasteiger charge is -2.03. The Balaban J connectivity index is 1.54. The van der Waals surface area contributed by atoms with E-state index in [1.807, 2.05) is 5.38 Å². The predicted octanol–water partition coefficient (Wildman–Crippen LogP) is 3.31. The number of anilines is 1. The number of hydrogen-bond acceptors (Lipinski definition) is 4. The van der Waals surface area contributed by atoms with E-state index in [0.717, 1.165) is 30.1 Å². The topological polar surface area (TPSA) is 54.0 Å². The molecule has 1 heterocycles. The average Bonchev–Trinajstić information content (AvgIpc) is 3.24. The number of benzene rings is 1. The molecule has 2 N–H and O–H groups in total. The summed E-state index contributed by atoms with van der Waals surface area (Å²) in [5.74, 6) is 0.758. The normalized spacial score (nSPS) is 14.0. The van der Waals surface area contributed by atoms with Crippen LogP contribution in [0.5, 0.6) is 0 Å². The van der Waals surface area contributed by atoms with Gasteiger partial charge in [-0.15, -0.1) is 11.3 Å². The zero-order chi connectivity index (χ0) is 15.4. The second-order valence-corrected chi connectivity index (χ2v) is 6.57. The van der Waals surface area contributed by atoms with Crippen LogP contribution in [-0.2, 0) is 11.2 Å². The van der Waals surface area contributed by atoms with Crippen LogP contribution in [0.1, 0.15) is 25.3 Å². The lowest BCUT2D eigenvalue weighted by atomic mass is 10.1. The first-order chi connectivity index (χ1) is 10.7. The van der Waals surface area contributed by atoms with Crippen molar-refractivity contribution in [2.45, 2.75) is 26.2 Å². The largest absolute Gasteiger partial charge is 0.308 e. The van der Waals surface area contributed by atoms with Gasteiger partial charge < -0.3 is 10.6 Å². The number of carbonyl (C=O) groups excluding carboxylic acids is 1. The molecule has 0 spiro atoms. The SMILES string of the molecule is CCc1ccc(-c2csc(NC(=O)CNCC3CC3)n2)cc1. The van der Waals surface area contributed by atoms with Crippen molar-refractivity contribution in [1.29, 1.82) is 0 Å². The molecule has 1 aliphatic rings. The van der Waals surface area contributed by atoms with Gasteiger partial charge in [-0.25, -0.2) is 4.98 Å². The van der Waals surface area contributed by atoms with E-state index in [4.69, 9.17) is 0 Å². The zero-order valence-corrected chi connectivity index (χ0v) is 13.6. The minimum atomic E-state index is -0.0251. The number of rotatable bonds is 7. The standard InChI is InChI=1S/C17H21N3OS/c1-2-12-5-7-14(8-6-12)15-11-22-17(19-15)20-16(21)10-18-9-13-3-4-13/h5-8,11,13,18H,2-4,9-10H2,1H3,(H,19,20,21). The van der Waals surface area contributed by atoms with Gasteiger partial charge in [0.2, 0.25) is 5.91 Å². The summed E-state index contributed by atoms with van der Waals surface area (Å²) in [5, 5.41) is 8.68. The molecule has 0 aliphatic heterocycles. The van der Waals surface area contributed by atoms with Gasteiger partial charge in [0.05, 0.1) is 12.2 Å². The summed E-state index contributed by atoms with van der Waals surface area (Å²) >= 11 is 1.46. The molecule has 0 unspecified atom stereocenters. The first-order valence-corrected chi connectivity index (χ1v) is 8.68. The van der Waals surface area contributed by atoms with Crippen LogP contribution in [0.15, 0.2) is 29.6 Å². The molecule has 4 nitrogen and oxygen atoms in total. The van der Waals surface area contributed by atoms with Crippen LogP contribution in [0, 0.1) is 5.92 Å². The summed E-state index contributed by atoms with van der Waals surface area (Å²) in [4.78, 5) is 16.3. The van der Waals surface area contributed by atoms with E-state index < -0.39 is 0 Å². The first-order valence-electron chi connectivity index (χ1n) is 7.80. The number of nitrogens with one attached hydrogen (secondary N) is 2. The molecule has 1 aromatic heterocycles. The van der Waals surface area contributed by atoms with Crippen LogP contribution in [0.2, 0.25) is 0 Å². The van der Waals surface area contributed by atoms with E-state index in [0.29, 0.717) is 11.7 Å². The summed E-state index contributed by atoms with van der Waals surface area (Å²) < 4.78 is 0. The number of amides is 1. The number of hydrogen-bond donors (Lipinski definition) is 2. The summed E-state index contributed by atoms with van der Waals surface area (Å²) in [6.45, 7) is 3.44. The van der Waals surface area contributed by atoms with Crippen LogP contribution in [0.4, 0.5) is 5.13 Å². The molecule has 0 bridgehead atoms. The molecule has 1 aliphatic carbocycles. The van der Waals surface area contributed by atoms with Crippen molar-refractivity contribution in [3.63, 3.8) is 0 Å². The van der Waals surface area contributed by atoms with E-state index >= 15 is 0 Å². The quantitative estimate of drug-likeness (QED) is 0.824. The number of aromatic nitrogens is 1. The van der Waals surface area contributed by atoms with Crippen molar-refractivity contribution in [1.82, 2.24) is 10.3 Å². The second kappa shape index (κ2) is 7.03. The molecule has 1 saturated carbocycles. The van der Waals surface area contributed by atoms with Crippen LogP contribution >= 0.6 is 11.3 Å². The highest BCUT2D eigenvalue weighted by molar-refractivity contribution is 7.14. The zero-order valence-electron chi connectivity index (χ0n) is 12.8. The smallest absolute Gasteiger partial charge is 0.240 e. The Labute approximate surface area is 135 Å². The number of nitrogens with zero attached hydrogens (tertiary/aromatic N) is 1. The second-order valence-electron chi connectivity index (χ2n) is 5.71. The van der Waals surface area contributed by atoms with Crippen molar-refractivity contribution >= 4 is 22.4 Å². The predicted molar refractivity (Wildman–Crippen MR) is 91.2 cm³/mol. The van der Waals surface area contributed by atoms with Gasteiger partial charge >= 0.3 is 0 Å². The van der Waals surface area contributed by atoms with E-state index in [-0.39, 0.29) is 5.91 Å². The third kappa shape index (κ3) is 4.15. The highest BCUT2D eigenvalue weighted by atomic mass is 32.1. The summed E-state index contributed by atoms with van der Waals surface area (Å²) in [6, 6.07) is 8.40. The fraction of sp³-hybridized carbons (Fsp3) is 0.412. The van der Waals surface area contributed by atoms with Crippen molar-refractivity contribution in [3.8, 4) is 11.3 Å². The fourth-order valence-electron chi connectivity index (χ4n) is 2.25. The molecule has 0 atom stereocenters. The van der Waals surface area contributed by atoms with Gasteiger partial charge in [-0.05, 0) is 37.3 Å². The minimum absolute atomic E-state index is 0.0251. The lowest BCUT2D eigenvalue weighted by Crippen LogP contribution is -2.29. The third-order valence-electron chi connectivity index (χ3n) is 3.82. The number of carbonyl (C=O) groups is 1. The molecule has 2 aromatic rings. The Morgan fingerprint density at radius 1 is 1.32 bits per heavy atom. The van der Waals surface area contributed by atoms with Crippen LogP contribution in [-0.4, -0.2) is 24.0 Å². The molecular weight excluding hydrogens is 294 g/mol. The average molecular weight is 315 g/mol. The summed E-state index contributed by atoms with van der Waals surface area (Å²) in [5.41, 5.74) is 3.31. The van der Waals surface area contributed by atoms with Crippen molar-refractivity contribution in [2.24, 2.45) is 5.92 Å². The molecular formula is C17H21N3OS. The summed E-state index contributed by atoms with van der Waals surface area (Å²) in [6.07, 6.45) is 3.62. The Kier molecular flexibility index (Phi) is 4.85.